The van der Waals surface area contributed by atoms with Gasteiger partial charge in [-0.15, -0.1) is 0 Å². The molecule has 1 heterocycles. The van der Waals surface area contributed by atoms with Crippen molar-refractivity contribution in [2.45, 2.75) is 32.4 Å². The Morgan fingerprint density at radius 1 is 1.40 bits per heavy atom. The van der Waals surface area contributed by atoms with Crippen molar-refractivity contribution in [3.05, 3.63) is 23.8 Å². The number of hydrogen-bond donors (Lipinski definition) is 1. The summed E-state index contributed by atoms with van der Waals surface area (Å²) in [6.07, 6.45) is 1.61. The van der Waals surface area contributed by atoms with Crippen LogP contribution in [0.2, 0.25) is 0 Å². The van der Waals surface area contributed by atoms with E-state index in [0.29, 0.717) is 18.0 Å². The van der Waals surface area contributed by atoms with E-state index in [0.717, 1.165) is 31.5 Å². The Kier molecular flexibility index (Phi) is 4.84. The van der Waals surface area contributed by atoms with Gasteiger partial charge in [-0.2, -0.15) is 0 Å². The van der Waals surface area contributed by atoms with E-state index in [1.54, 1.807) is 14.0 Å². The van der Waals surface area contributed by atoms with Gasteiger partial charge in [0.2, 0.25) is 0 Å². The third-order valence-corrected chi connectivity index (χ3v) is 3.56. The smallest absolute Gasteiger partial charge is 0.263 e. The lowest BCUT2D eigenvalue weighted by Crippen LogP contribution is -2.38. The van der Waals surface area contributed by atoms with Gasteiger partial charge in [-0.25, -0.2) is 0 Å². The minimum atomic E-state index is -0.533. The molecule has 20 heavy (non-hydrogen) atoms. The summed E-state index contributed by atoms with van der Waals surface area (Å²) in [5.41, 5.74) is 6.56. The van der Waals surface area contributed by atoms with E-state index in [-0.39, 0.29) is 5.91 Å². The molecule has 1 aromatic rings. The van der Waals surface area contributed by atoms with E-state index < -0.39 is 6.10 Å². The van der Waals surface area contributed by atoms with Crippen molar-refractivity contribution in [2.24, 2.45) is 5.73 Å². The highest BCUT2D eigenvalue weighted by Crippen LogP contribution is 2.32. The van der Waals surface area contributed by atoms with Gasteiger partial charge >= 0.3 is 0 Å². The van der Waals surface area contributed by atoms with Gasteiger partial charge in [0.05, 0.1) is 7.11 Å². The fraction of sp³-hybridized carbons (Fsp3) is 0.533. The first-order valence-electron chi connectivity index (χ1n) is 6.98. The minimum absolute atomic E-state index is 0.0244. The maximum atomic E-state index is 12.3. The van der Waals surface area contributed by atoms with E-state index in [2.05, 4.69) is 0 Å². The molecule has 1 aromatic carbocycles. The highest BCUT2D eigenvalue weighted by molar-refractivity contribution is 5.81. The molecule has 2 rings (SSSR count). The van der Waals surface area contributed by atoms with Crippen molar-refractivity contribution in [1.82, 2.24) is 4.90 Å². The van der Waals surface area contributed by atoms with E-state index in [1.807, 2.05) is 23.1 Å². The summed E-state index contributed by atoms with van der Waals surface area (Å²) in [7, 11) is 1.58. The fourth-order valence-electron chi connectivity index (χ4n) is 2.44. The first-order chi connectivity index (χ1) is 9.67. The molecule has 5 heteroatoms. The number of carbonyl (C=O) groups is 1. The maximum Gasteiger partial charge on any atom is 0.263 e. The van der Waals surface area contributed by atoms with Crippen molar-refractivity contribution in [1.29, 1.82) is 0 Å². The predicted molar refractivity (Wildman–Crippen MR) is 76.8 cm³/mol. The van der Waals surface area contributed by atoms with E-state index >= 15 is 0 Å². The number of methoxy groups -OCH3 is 1. The molecule has 1 saturated heterocycles. The van der Waals surface area contributed by atoms with Gasteiger partial charge in [0.25, 0.3) is 5.91 Å². The second-order valence-electron chi connectivity index (χ2n) is 4.95. The van der Waals surface area contributed by atoms with Gasteiger partial charge in [-0.05, 0) is 25.8 Å². The quantitative estimate of drug-likeness (QED) is 0.887. The van der Waals surface area contributed by atoms with E-state index in [4.69, 9.17) is 15.2 Å². The summed E-state index contributed by atoms with van der Waals surface area (Å²) in [6, 6.07) is 5.55. The van der Waals surface area contributed by atoms with Crippen LogP contribution in [0.25, 0.3) is 0 Å². The monoisotopic (exact) mass is 278 g/mol. The van der Waals surface area contributed by atoms with E-state index in [9.17, 15) is 4.79 Å². The van der Waals surface area contributed by atoms with Crippen LogP contribution in [0.3, 0.4) is 0 Å². The number of amides is 1. The van der Waals surface area contributed by atoms with Crippen LogP contribution < -0.4 is 15.2 Å². The third kappa shape index (κ3) is 3.04. The Morgan fingerprint density at radius 3 is 2.70 bits per heavy atom. The number of nitrogens with two attached hydrogens (primary N) is 1. The summed E-state index contributed by atoms with van der Waals surface area (Å²) in [4.78, 5) is 14.1. The zero-order valence-electron chi connectivity index (χ0n) is 12.1. The molecule has 1 aliphatic heterocycles. The van der Waals surface area contributed by atoms with Crippen LogP contribution in [0.4, 0.5) is 0 Å². The zero-order valence-corrected chi connectivity index (χ0v) is 12.1. The molecule has 0 saturated carbocycles. The Labute approximate surface area is 119 Å². The summed E-state index contributed by atoms with van der Waals surface area (Å²) in [5, 5.41) is 0. The summed E-state index contributed by atoms with van der Waals surface area (Å²) >= 11 is 0. The topological polar surface area (TPSA) is 64.8 Å². The van der Waals surface area contributed by atoms with Gasteiger partial charge in [0.1, 0.15) is 0 Å². The molecule has 0 aliphatic carbocycles. The zero-order chi connectivity index (χ0) is 14.5. The van der Waals surface area contributed by atoms with Crippen LogP contribution in [-0.4, -0.2) is 37.1 Å². The highest BCUT2D eigenvalue weighted by Gasteiger charge is 2.25. The van der Waals surface area contributed by atoms with Gasteiger partial charge in [0, 0.05) is 25.2 Å². The standard InChI is InChI=1S/C15H22N2O3/c1-11(15(18)17-8-3-4-9-17)20-14-12(10-16)6-5-7-13(14)19-2/h5-7,11H,3-4,8-10,16H2,1-2H3. The van der Waals surface area contributed by atoms with Crippen LogP contribution in [0.5, 0.6) is 11.5 Å². The van der Waals surface area contributed by atoms with Crippen molar-refractivity contribution in [2.75, 3.05) is 20.2 Å². The van der Waals surface area contributed by atoms with Gasteiger partial charge in [0.15, 0.2) is 17.6 Å². The number of likely N-dealkylation sites (tertiary alicyclic amines) is 1. The fourth-order valence-corrected chi connectivity index (χ4v) is 2.44. The molecule has 0 spiro atoms. The maximum absolute atomic E-state index is 12.3. The second-order valence-corrected chi connectivity index (χ2v) is 4.95. The lowest BCUT2D eigenvalue weighted by molar-refractivity contribution is -0.136. The van der Waals surface area contributed by atoms with Crippen LogP contribution in [-0.2, 0) is 11.3 Å². The Morgan fingerprint density at radius 2 is 2.10 bits per heavy atom. The average molecular weight is 278 g/mol. The molecule has 110 valence electrons. The number of ether oxygens (including phenoxy) is 2. The summed E-state index contributed by atoms with van der Waals surface area (Å²) in [5.74, 6) is 1.20. The number of benzene rings is 1. The summed E-state index contributed by atoms with van der Waals surface area (Å²) < 4.78 is 11.1. The lowest BCUT2D eigenvalue weighted by Gasteiger charge is -2.23. The number of carbonyl (C=O) groups excluding carboxylic acids is 1. The van der Waals surface area contributed by atoms with Crippen LogP contribution >= 0.6 is 0 Å². The SMILES string of the molecule is COc1cccc(CN)c1OC(C)C(=O)N1CCCC1. The number of nitrogens with zero attached hydrogens (tertiary/aromatic N) is 1. The molecule has 1 aliphatic rings. The van der Waals surface area contributed by atoms with Crippen molar-refractivity contribution >= 4 is 5.91 Å². The first kappa shape index (κ1) is 14.7. The molecular weight excluding hydrogens is 256 g/mol. The first-order valence-corrected chi connectivity index (χ1v) is 6.98. The van der Waals surface area contributed by atoms with Crippen molar-refractivity contribution in [3.63, 3.8) is 0 Å². The van der Waals surface area contributed by atoms with E-state index in [1.165, 1.54) is 0 Å². The van der Waals surface area contributed by atoms with Crippen LogP contribution in [0.1, 0.15) is 25.3 Å². The number of hydrogen-bond acceptors (Lipinski definition) is 4. The molecule has 5 nitrogen and oxygen atoms in total. The Hall–Kier alpha value is -1.75. The molecule has 1 amide bonds. The van der Waals surface area contributed by atoms with Crippen molar-refractivity contribution < 1.29 is 14.3 Å². The molecular formula is C15H22N2O3. The van der Waals surface area contributed by atoms with Gasteiger partial charge in [-0.1, -0.05) is 12.1 Å². The molecule has 0 bridgehead atoms. The normalized spacial score (nSPS) is 16.1. The second kappa shape index (κ2) is 6.61. The number of para-hydroxylation sites is 1. The highest BCUT2D eigenvalue weighted by atomic mass is 16.5. The number of rotatable bonds is 5. The molecule has 1 fully saturated rings. The molecule has 2 N–H and O–H groups in total. The third-order valence-electron chi connectivity index (χ3n) is 3.56. The Balaban J connectivity index is 2.14. The van der Waals surface area contributed by atoms with Gasteiger partial charge < -0.3 is 20.1 Å². The lowest BCUT2D eigenvalue weighted by atomic mass is 10.2. The molecule has 1 atom stereocenters. The van der Waals surface area contributed by atoms with Crippen LogP contribution in [0.15, 0.2) is 18.2 Å². The molecule has 0 aromatic heterocycles. The van der Waals surface area contributed by atoms with Crippen LogP contribution in [0, 0.1) is 0 Å². The van der Waals surface area contributed by atoms with Gasteiger partial charge in [-0.3, -0.25) is 4.79 Å². The molecule has 1 unspecified atom stereocenters. The largest absolute Gasteiger partial charge is 0.493 e. The predicted octanol–water partition coefficient (Wildman–Crippen LogP) is 1.54. The minimum Gasteiger partial charge on any atom is -0.493 e. The van der Waals surface area contributed by atoms with Crippen molar-refractivity contribution in [3.8, 4) is 11.5 Å². The Bertz CT molecular complexity index is 448. The molecule has 0 radical (unpaired) electrons. The summed E-state index contributed by atoms with van der Waals surface area (Å²) in [6.45, 7) is 3.76. The average Bonchev–Trinajstić information content (AvgIpc) is 3.00.